The van der Waals surface area contributed by atoms with Crippen LogP contribution >= 0.6 is 0 Å². The van der Waals surface area contributed by atoms with Crippen LogP contribution in [0, 0.1) is 20.8 Å². The van der Waals surface area contributed by atoms with Gasteiger partial charge in [-0.15, -0.1) is 0 Å². The Hall–Kier alpha value is -2.38. The minimum atomic E-state index is -0.365. The number of hydrogen-bond donors (Lipinski definition) is 1. The third-order valence-corrected chi connectivity index (χ3v) is 4.69. The number of rotatable bonds is 5. The number of fused-ring (bicyclic) bond motifs is 1. The highest BCUT2D eigenvalue weighted by Gasteiger charge is 2.29. The molecule has 0 bridgehead atoms. The van der Waals surface area contributed by atoms with Gasteiger partial charge in [0.15, 0.2) is 6.61 Å². The average Bonchev–Trinajstić information content (AvgIpc) is 3.04. The minimum Gasteiger partial charge on any atom is -0.483 e. The summed E-state index contributed by atoms with van der Waals surface area (Å²) < 4.78 is 21.7. The number of aryl methyl sites for hydroxylation is 2. The van der Waals surface area contributed by atoms with E-state index in [0.29, 0.717) is 35.5 Å². The average molecular weight is 361 g/mol. The third-order valence-electron chi connectivity index (χ3n) is 4.69. The maximum absolute atomic E-state index is 12.2. The van der Waals surface area contributed by atoms with Crippen molar-refractivity contribution in [3.8, 4) is 5.75 Å². The van der Waals surface area contributed by atoms with E-state index in [4.69, 9.17) is 18.6 Å². The minimum absolute atomic E-state index is 0.150. The number of ether oxygens (including phenoxy) is 3. The molecule has 1 saturated heterocycles. The summed E-state index contributed by atoms with van der Waals surface area (Å²) in [7, 11) is 1.59. The number of amides is 1. The van der Waals surface area contributed by atoms with Crippen molar-refractivity contribution >= 4 is 16.9 Å². The van der Waals surface area contributed by atoms with Crippen molar-refractivity contribution < 1.29 is 23.4 Å². The summed E-state index contributed by atoms with van der Waals surface area (Å²) in [5, 5.41) is 3.57. The lowest BCUT2D eigenvalue weighted by Gasteiger charge is -2.18. The van der Waals surface area contributed by atoms with Gasteiger partial charge >= 0.3 is 5.63 Å². The summed E-state index contributed by atoms with van der Waals surface area (Å²) in [4.78, 5) is 24.1. The summed E-state index contributed by atoms with van der Waals surface area (Å²) in [6, 6.07) is 3.43. The van der Waals surface area contributed by atoms with Gasteiger partial charge in [0, 0.05) is 12.7 Å². The molecule has 2 atom stereocenters. The van der Waals surface area contributed by atoms with Crippen molar-refractivity contribution in [2.24, 2.45) is 0 Å². The molecule has 2 aromatic rings. The van der Waals surface area contributed by atoms with E-state index in [9.17, 15) is 9.59 Å². The molecule has 2 heterocycles. The van der Waals surface area contributed by atoms with Gasteiger partial charge < -0.3 is 23.9 Å². The van der Waals surface area contributed by atoms with Gasteiger partial charge in [-0.3, -0.25) is 4.79 Å². The van der Waals surface area contributed by atoms with Crippen LogP contribution in [0.25, 0.3) is 11.0 Å². The number of hydrogen-bond acceptors (Lipinski definition) is 6. The first-order valence-electron chi connectivity index (χ1n) is 8.48. The van der Waals surface area contributed by atoms with Gasteiger partial charge in [-0.25, -0.2) is 4.79 Å². The smallest absolute Gasteiger partial charge is 0.339 e. The van der Waals surface area contributed by atoms with Gasteiger partial charge in [0.2, 0.25) is 0 Å². The summed E-state index contributed by atoms with van der Waals surface area (Å²) in [6.45, 7) is 6.16. The predicted molar refractivity (Wildman–Crippen MR) is 95.7 cm³/mol. The second-order valence-corrected chi connectivity index (χ2v) is 6.55. The van der Waals surface area contributed by atoms with Gasteiger partial charge in [-0.2, -0.15) is 0 Å². The van der Waals surface area contributed by atoms with Crippen LogP contribution in [0.1, 0.15) is 16.7 Å². The summed E-state index contributed by atoms with van der Waals surface area (Å²) in [5.41, 5.74) is 2.29. The Morgan fingerprint density at radius 2 is 2.00 bits per heavy atom. The van der Waals surface area contributed by atoms with Crippen molar-refractivity contribution in [2.75, 3.05) is 26.9 Å². The lowest BCUT2D eigenvalue weighted by Crippen LogP contribution is -2.45. The zero-order valence-corrected chi connectivity index (χ0v) is 15.4. The van der Waals surface area contributed by atoms with Gasteiger partial charge in [0.25, 0.3) is 5.91 Å². The molecule has 1 N–H and O–H groups in total. The first-order valence-corrected chi connectivity index (χ1v) is 8.48. The molecule has 26 heavy (non-hydrogen) atoms. The first-order chi connectivity index (χ1) is 12.4. The number of carbonyl (C=O) groups is 1. The van der Waals surface area contributed by atoms with E-state index in [2.05, 4.69) is 5.32 Å². The lowest BCUT2D eigenvalue weighted by atomic mass is 10.0. The zero-order valence-electron chi connectivity index (χ0n) is 15.4. The molecule has 1 aromatic carbocycles. The fourth-order valence-corrected chi connectivity index (χ4v) is 3.10. The second-order valence-electron chi connectivity index (χ2n) is 6.55. The molecule has 140 valence electrons. The SMILES string of the molecule is CO[C@@H]1COC[C@@H]1NC(=O)COc1cc(C)cc2oc(=O)c(C)c(C)c12. The fourth-order valence-electron chi connectivity index (χ4n) is 3.10. The Labute approximate surface area is 151 Å². The standard InChI is InChI=1S/C19H23NO6/c1-10-5-14(18-11(2)12(3)19(22)26-15(18)6-10)25-9-17(21)20-13-7-24-8-16(13)23-4/h5-6,13,16H,7-9H2,1-4H3,(H,20,21)/t13-,16+/m0/s1. The quantitative estimate of drug-likeness (QED) is 0.815. The van der Waals surface area contributed by atoms with Crippen molar-refractivity contribution in [1.82, 2.24) is 5.32 Å². The number of nitrogens with one attached hydrogen (secondary N) is 1. The van der Waals surface area contributed by atoms with Crippen molar-refractivity contribution in [3.63, 3.8) is 0 Å². The van der Waals surface area contributed by atoms with Crippen LogP contribution < -0.4 is 15.7 Å². The highest BCUT2D eigenvalue weighted by molar-refractivity contribution is 5.88. The highest BCUT2D eigenvalue weighted by atomic mass is 16.5. The fraction of sp³-hybridized carbons (Fsp3) is 0.474. The molecule has 0 spiro atoms. The van der Waals surface area contributed by atoms with Crippen molar-refractivity contribution in [1.29, 1.82) is 0 Å². The number of carbonyl (C=O) groups excluding carboxylic acids is 1. The summed E-state index contributed by atoms with van der Waals surface area (Å²) in [6.07, 6.45) is -0.155. The van der Waals surface area contributed by atoms with Crippen LogP contribution in [-0.4, -0.2) is 45.0 Å². The summed E-state index contributed by atoms with van der Waals surface area (Å²) in [5.74, 6) is 0.259. The first kappa shape index (κ1) is 18.4. The van der Waals surface area contributed by atoms with Crippen LogP contribution in [0.4, 0.5) is 0 Å². The van der Waals surface area contributed by atoms with Gasteiger partial charge in [0.1, 0.15) is 17.4 Å². The molecule has 1 amide bonds. The molecular formula is C19H23NO6. The molecule has 0 radical (unpaired) electrons. The van der Waals surface area contributed by atoms with Gasteiger partial charge in [0.05, 0.1) is 24.6 Å². The largest absolute Gasteiger partial charge is 0.483 e. The van der Waals surface area contributed by atoms with E-state index >= 15 is 0 Å². The summed E-state index contributed by atoms with van der Waals surface area (Å²) >= 11 is 0. The van der Waals surface area contributed by atoms with Crippen LogP contribution in [0.3, 0.4) is 0 Å². The molecule has 1 aliphatic rings. The van der Waals surface area contributed by atoms with E-state index in [1.165, 1.54) is 0 Å². The molecule has 0 unspecified atom stereocenters. The molecule has 1 aromatic heterocycles. The Kier molecular flexibility index (Phi) is 5.29. The molecule has 1 aliphatic heterocycles. The maximum atomic E-state index is 12.2. The monoisotopic (exact) mass is 361 g/mol. The van der Waals surface area contributed by atoms with E-state index in [1.807, 2.05) is 19.9 Å². The Bertz CT molecular complexity index is 888. The second kappa shape index (κ2) is 7.47. The number of methoxy groups -OCH3 is 1. The van der Waals surface area contributed by atoms with Crippen molar-refractivity contribution in [2.45, 2.75) is 32.9 Å². The lowest BCUT2D eigenvalue weighted by molar-refractivity contribution is -0.124. The molecule has 0 aliphatic carbocycles. The molecule has 3 rings (SSSR count). The highest BCUT2D eigenvalue weighted by Crippen LogP contribution is 2.30. The molecule has 7 heteroatoms. The Morgan fingerprint density at radius 1 is 1.23 bits per heavy atom. The van der Waals surface area contributed by atoms with E-state index in [0.717, 1.165) is 11.1 Å². The van der Waals surface area contributed by atoms with Crippen LogP contribution in [0.2, 0.25) is 0 Å². The van der Waals surface area contributed by atoms with E-state index in [-0.39, 0.29) is 30.3 Å². The van der Waals surface area contributed by atoms with E-state index < -0.39 is 0 Å². The predicted octanol–water partition coefficient (Wildman–Crippen LogP) is 1.63. The molecule has 1 fully saturated rings. The van der Waals surface area contributed by atoms with Crippen LogP contribution in [0.5, 0.6) is 5.75 Å². The third kappa shape index (κ3) is 3.59. The molecular weight excluding hydrogens is 338 g/mol. The zero-order chi connectivity index (χ0) is 18.8. The van der Waals surface area contributed by atoms with Gasteiger partial charge in [-0.1, -0.05) is 0 Å². The maximum Gasteiger partial charge on any atom is 0.339 e. The van der Waals surface area contributed by atoms with Crippen LogP contribution in [-0.2, 0) is 14.3 Å². The van der Waals surface area contributed by atoms with Gasteiger partial charge in [-0.05, 0) is 44.0 Å². The van der Waals surface area contributed by atoms with Crippen molar-refractivity contribution in [3.05, 3.63) is 39.2 Å². The Balaban J connectivity index is 1.79. The molecule has 0 saturated carbocycles. The normalized spacial score (nSPS) is 19.7. The molecule has 7 nitrogen and oxygen atoms in total. The topological polar surface area (TPSA) is 87.0 Å². The Morgan fingerprint density at radius 3 is 2.73 bits per heavy atom. The van der Waals surface area contributed by atoms with E-state index in [1.54, 1.807) is 20.1 Å². The van der Waals surface area contributed by atoms with Crippen LogP contribution in [0.15, 0.2) is 21.3 Å². The number of benzene rings is 1.